The number of esters is 1. The molecule has 0 aromatic heterocycles. The predicted molar refractivity (Wildman–Crippen MR) is 59.8 cm³/mol. The Balaban J connectivity index is 2.65. The first-order chi connectivity index (χ1) is 6.63. The Morgan fingerprint density at radius 2 is 2.21 bits per heavy atom. The molecule has 76 valence electrons. The van der Waals surface area contributed by atoms with Gasteiger partial charge in [0.2, 0.25) is 0 Å². The predicted octanol–water partition coefficient (Wildman–Crippen LogP) is 2.65. The lowest BCUT2D eigenvalue weighted by Gasteiger charge is -2.08. The Morgan fingerprint density at radius 3 is 2.79 bits per heavy atom. The van der Waals surface area contributed by atoms with E-state index in [2.05, 4.69) is 0 Å². The molecule has 3 heteroatoms. The highest BCUT2D eigenvalue weighted by Crippen LogP contribution is 2.15. The summed E-state index contributed by atoms with van der Waals surface area (Å²) < 4.78 is 5.19. The number of thioether (sulfide) groups is 1. The molecule has 1 aromatic carbocycles. The fourth-order valence-electron chi connectivity index (χ4n) is 0.974. The fraction of sp³-hybridized carbons (Fsp3) is 0.364. The molecule has 0 spiro atoms. The average molecular weight is 210 g/mol. The molecule has 0 saturated carbocycles. The van der Waals surface area contributed by atoms with Gasteiger partial charge in [0, 0.05) is 0 Å². The molecule has 0 aliphatic heterocycles. The van der Waals surface area contributed by atoms with Crippen molar-refractivity contribution in [2.45, 2.75) is 19.1 Å². The molecular formula is C11H14O2S. The highest BCUT2D eigenvalue weighted by atomic mass is 32.2. The van der Waals surface area contributed by atoms with E-state index in [-0.39, 0.29) is 11.2 Å². The Hall–Kier alpha value is -0.960. The topological polar surface area (TPSA) is 26.3 Å². The van der Waals surface area contributed by atoms with Crippen molar-refractivity contribution in [1.82, 2.24) is 0 Å². The van der Waals surface area contributed by atoms with Crippen LogP contribution in [-0.2, 0) is 4.79 Å². The first-order valence-electron chi connectivity index (χ1n) is 4.44. The smallest absolute Gasteiger partial charge is 0.324 e. The SMILES string of the molecule is CSC(C)C(=O)Oc1cccc(C)c1. The Bertz CT molecular complexity index is 323. The molecule has 14 heavy (non-hydrogen) atoms. The molecule has 0 bridgehead atoms. The summed E-state index contributed by atoms with van der Waals surface area (Å²) in [4.78, 5) is 11.4. The third-order valence-corrected chi connectivity index (χ3v) is 2.79. The van der Waals surface area contributed by atoms with E-state index in [1.165, 1.54) is 11.8 Å². The number of aryl methyl sites for hydroxylation is 1. The lowest BCUT2D eigenvalue weighted by atomic mass is 10.2. The van der Waals surface area contributed by atoms with Gasteiger partial charge in [-0.2, -0.15) is 11.8 Å². The van der Waals surface area contributed by atoms with E-state index in [0.717, 1.165) is 5.56 Å². The molecule has 0 saturated heterocycles. The van der Waals surface area contributed by atoms with Crippen LogP contribution in [0.1, 0.15) is 12.5 Å². The van der Waals surface area contributed by atoms with Crippen molar-refractivity contribution in [3.05, 3.63) is 29.8 Å². The zero-order chi connectivity index (χ0) is 10.6. The van der Waals surface area contributed by atoms with Gasteiger partial charge < -0.3 is 4.74 Å². The van der Waals surface area contributed by atoms with E-state index in [1.807, 2.05) is 38.3 Å². The van der Waals surface area contributed by atoms with Crippen molar-refractivity contribution >= 4 is 17.7 Å². The number of rotatable bonds is 3. The number of benzene rings is 1. The van der Waals surface area contributed by atoms with Gasteiger partial charge in [-0.05, 0) is 37.8 Å². The van der Waals surface area contributed by atoms with E-state index >= 15 is 0 Å². The summed E-state index contributed by atoms with van der Waals surface area (Å²) in [5.74, 6) is 0.430. The molecule has 1 aromatic rings. The highest BCUT2D eigenvalue weighted by molar-refractivity contribution is 7.99. The molecule has 0 fully saturated rings. The second-order valence-corrected chi connectivity index (χ2v) is 4.29. The second-order valence-electron chi connectivity index (χ2n) is 3.12. The molecule has 0 amide bonds. The van der Waals surface area contributed by atoms with E-state index in [9.17, 15) is 4.79 Å². The molecule has 1 rings (SSSR count). The quantitative estimate of drug-likeness (QED) is 0.566. The third kappa shape index (κ3) is 3.07. The van der Waals surface area contributed by atoms with Gasteiger partial charge in [0.25, 0.3) is 0 Å². The minimum Gasteiger partial charge on any atom is -0.426 e. The van der Waals surface area contributed by atoms with Crippen LogP contribution in [0.3, 0.4) is 0 Å². The molecule has 0 aliphatic carbocycles. The molecular weight excluding hydrogens is 196 g/mol. The molecule has 1 atom stereocenters. The van der Waals surface area contributed by atoms with Gasteiger partial charge in [0.05, 0.1) is 5.25 Å². The van der Waals surface area contributed by atoms with Gasteiger partial charge in [-0.3, -0.25) is 4.79 Å². The van der Waals surface area contributed by atoms with Crippen molar-refractivity contribution in [3.8, 4) is 5.75 Å². The van der Waals surface area contributed by atoms with Gasteiger partial charge in [0.1, 0.15) is 5.75 Å². The normalized spacial score (nSPS) is 12.2. The van der Waals surface area contributed by atoms with Crippen LogP contribution in [0, 0.1) is 6.92 Å². The highest BCUT2D eigenvalue weighted by Gasteiger charge is 2.13. The molecule has 2 nitrogen and oxygen atoms in total. The Kier molecular flexibility index (Phi) is 4.01. The lowest BCUT2D eigenvalue weighted by molar-refractivity contribution is -0.133. The monoisotopic (exact) mass is 210 g/mol. The van der Waals surface area contributed by atoms with Gasteiger partial charge in [0.15, 0.2) is 0 Å². The van der Waals surface area contributed by atoms with E-state index in [0.29, 0.717) is 5.75 Å². The first kappa shape index (κ1) is 11.1. The molecule has 0 N–H and O–H groups in total. The zero-order valence-electron chi connectivity index (χ0n) is 8.61. The summed E-state index contributed by atoms with van der Waals surface area (Å²) in [7, 11) is 0. The van der Waals surface area contributed by atoms with Gasteiger partial charge in [-0.25, -0.2) is 0 Å². The largest absolute Gasteiger partial charge is 0.426 e. The molecule has 0 heterocycles. The lowest BCUT2D eigenvalue weighted by Crippen LogP contribution is -2.19. The maximum Gasteiger partial charge on any atom is 0.324 e. The van der Waals surface area contributed by atoms with Crippen LogP contribution < -0.4 is 4.74 Å². The average Bonchev–Trinajstić information content (AvgIpc) is 2.16. The van der Waals surface area contributed by atoms with Crippen LogP contribution in [0.15, 0.2) is 24.3 Å². The number of hydrogen-bond donors (Lipinski definition) is 0. The van der Waals surface area contributed by atoms with Gasteiger partial charge in [-0.15, -0.1) is 0 Å². The number of carbonyl (C=O) groups excluding carboxylic acids is 1. The molecule has 0 radical (unpaired) electrons. The van der Waals surface area contributed by atoms with Crippen molar-refractivity contribution in [1.29, 1.82) is 0 Å². The molecule has 1 unspecified atom stereocenters. The van der Waals surface area contributed by atoms with Gasteiger partial charge >= 0.3 is 5.97 Å². The van der Waals surface area contributed by atoms with Crippen LogP contribution in [-0.4, -0.2) is 17.5 Å². The van der Waals surface area contributed by atoms with Crippen LogP contribution >= 0.6 is 11.8 Å². The minimum absolute atomic E-state index is 0.115. The summed E-state index contributed by atoms with van der Waals surface area (Å²) in [5, 5.41) is -0.115. The summed E-state index contributed by atoms with van der Waals surface area (Å²) in [6, 6.07) is 7.49. The Morgan fingerprint density at radius 1 is 1.50 bits per heavy atom. The van der Waals surface area contributed by atoms with Crippen molar-refractivity contribution < 1.29 is 9.53 Å². The number of carbonyl (C=O) groups is 1. The van der Waals surface area contributed by atoms with Crippen molar-refractivity contribution in [3.63, 3.8) is 0 Å². The van der Waals surface area contributed by atoms with E-state index in [1.54, 1.807) is 6.07 Å². The van der Waals surface area contributed by atoms with Crippen LogP contribution in [0.5, 0.6) is 5.75 Å². The third-order valence-electron chi connectivity index (χ3n) is 1.89. The maximum atomic E-state index is 11.4. The first-order valence-corrected chi connectivity index (χ1v) is 5.73. The van der Waals surface area contributed by atoms with Crippen molar-refractivity contribution in [2.24, 2.45) is 0 Å². The van der Waals surface area contributed by atoms with Crippen molar-refractivity contribution in [2.75, 3.05) is 6.26 Å². The zero-order valence-corrected chi connectivity index (χ0v) is 9.43. The summed E-state index contributed by atoms with van der Waals surface area (Å²) in [6.07, 6.45) is 1.89. The maximum absolute atomic E-state index is 11.4. The summed E-state index contributed by atoms with van der Waals surface area (Å²) >= 11 is 1.48. The molecule has 0 aliphatic rings. The van der Waals surface area contributed by atoms with E-state index in [4.69, 9.17) is 4.74 Å². The van der Waals surface area contributed by atoms with Crippen LogP contribution in [0.2, 0.25) is 0 Å². The van der Waals surface area contributed by atoms with Gasteiger partial charge in [-0.1, -0.05) is 12.1 Å². The second kappa shape index (κ2) is 5.05. The summed E-state index contributed by atoms with van der Waals surface area (Å²) in [6.45, 7) is 3.80. The summed E-state index contributed by atoms with van der Waals surface area (Å²) in [5.41, 5.74) is 1.09. The number of ether oxygens (including phenoxy) is 1. The Labute approximate surface area is 88.7 Å². The minimum atomic E-state index is -0.192. The standard InChI is InChI=1S/C11H14O2S/c1-8-5-4-6-10(7-8)13-11(12)9(2)14-3/h4-7,9H,1-3H3. The van der Waals surface area contributed by atoms with E-state index < -0.39 is 0 Å². The fourth-order valence-corrected chi connectivity index (χ4v) is 1.21. The van der Waals surface area contributed by atoms with Crippen LogP contribution in [0.4, 0.5) is 0 Å². The van der Waals surface area contributed by atoms with Crippen LogP contribution in [0.25, 0.3) is 0 Å². The number of hydrogen-bond acceptors (Lipinski definition) is 3.